The standard InChI is InChI=1S/C21H25N5O/c1-22-18-8-4-5-9-19(18)23-14-20-24-17-7-3-2-6-16(17)21(25-20)26-12-10-15(27)11-13-26/h2-9,15,22-23,27H,10-14H2,1H3. The van der Waals surface area contributed by atoms with Crippen molar-refractivity contribution in [1.29, 1.82) is 0 Å². The number of rotatable bonds is 5. The summed E-state index contributed by atoms with van der Waals surface area (Å²) in [5, 5.41) is 17.5. The second-order valence-corrected chi connectivity index (χ2v) is 6.85. The van der Waals surface area contributed by atoms with Crippen LogP contribution < -0.4 is 15.5 Å². The van der Waals surface area contributed by atoms with E-state index in [-0.39, 0.29) is 6.10 Å². The molecule has 2 aromatic carbocycles. The van der Waals surface area contributed by atoms with Gasteiger partial charge in [-0.2, -0.15) is 0 Å². The first-order chi connectivity index (χ1) is 13.2. The Morgan fingerprint density at radius 1 is 1.00 bits per heavy atom. The minimum Gasteiger partial charge on any atom is -0.393 e. The highest BCUT2D eigenvalue weighted by molar-refractivity contribution is 5.89. The van der Waals surface area contributed by atoms with E-state index >= 15 is 0 Å². The highest BCUT2D eigenvalue weighted by Gasteiger charge is 2.21. The Hall–Kier alpha value is -2.86. The molecule has 1 aliphatic heterocycles. The third kappa shape index (κ3) is 3.80. The molecule has 0 spiro atoms. The number of aliphatic hydroxyl groups excluding tert-OH is 1. The maximum absolute atomic E-state index is 9.83. The molecule has 3 aromatic rings. The molecule has 27 heavy (non-hydrogen) atoms. The van der Waals surface area contributed by atoms with Gasteiger partial charge in [0.15, 0.2) is 0 Å². The molecule has 1 saturated heterocycles. The second kappa shape index (κ2) is 7.80. The zero-order chi connectivity index (χ0) is 18.6. The molecule has 0 aliphatic carbocycles. The summed E-state index contributed by atoms with van der Waals surface area (Å²) in [5.41, 5.74) is 3.02. The number of hydrogen-bond donors (Lipinski definition) is 3. The van der Waals surface area contributed by atoms with Crippen LogP contribution >= 0.6 is 0 Å². The van der Waals surface area contributed by atoms with Crippen molar-refractivity contribution in [2.75, 3.05) is 35.7 Å². The van der Waals surface area contributed by atoms with Crippen LogP contribution in [0.3, 0.4) is 0 Å². The Balaban J connectivity index is 1.63. The molecule has 0 saturated carbocycles. The summed E-state index contributed by atoms with van der Waals surface area (Å²) in [5.74, 6) is 1.73. The Labute approximate surface area is 159 Å². The van der Waals surface area contributed by atoms with Crippen molar-refractivity contribution in [1.82, 2.24) is 9.97 Å². The van der Waals surface area contributed by atoms with E-state index in [1.807, 2.05) is 49.5 Å². The molecular weight excluding hydrogens is 338 g/mol. The van der Waals surface area contributed by atoms with Crippen LogP contribution in [0.5, 0.6) is 0 Å². The lowest BCUT2D eigenvalue weighted by atomic mass is 10.1. The minimum atomic E-state index is -0.200. The lowest BCUT2D eigenvalue weighted by Gasteiger charge is -2.31. The molecule has 4 rings (SSSR count). The number of para-hydroxylation sites is 3. The van der Waals surface area contributed by atoms with E-state index in [1.165, 1.54) is 0 Å². The van der Waals surface area contributed by atoms with Crippen LogP contribution in [0.1, 0.15) is 18.7 Å². The van der Waals surface area contributed by atoms with Crippen LogP contribution in [-0.2, 0) is 6.54 Å². The number of nitrogens with zero attached hydrogens (tertiary/aromatic N) is 3. The Morgan fingerprint density at radius 3 is 2.48 bits per heavy atom. The third-order valence-electron chi connectivity index (χ3n) is 5.03. The molecule has 6 heteroatoms. The fourth-order valence-corrected chi connectivity index (χ4v) is 3.53. The lowest BCUT2D eigenvalue weighted by Crippen LogP contribution is -2.36. The SMILES string of the molecule is CNc1ccccc1NCc1nc(N2CCC(O)CC2)c2ccccc2n1. The Kier molecular flexibility index (Phi) is 5.07. The summed E-state index contributed by atoms with van der Waals surface area (Å²) >= 11 is 0. The average Bonchev–Trinajstić information content (AvgIpc) is 2.72. The first-order valence-electron chi connectivity index (χ1n) is 9.44. The van der Waals surface area contributed by atoms with Crippen molar-refractivity contribution in [3.63, 3.8) is 0 Å². The molecule has 1 aromatic heterocycles. The van der Waals surface area contributed by atoms with Gasteiger partial charge in [-0.1, -0.05) is 24.3 Å². The first kappa shape index (κ1) is 17.5. The van der Waals surface area contributed by atoms with Crippen molar-refractivity contribution in [2.45, 2.75) is 25.5 Å². The number of piperidine rings is 1. The summed E-state index contributed by atoms with van der Waals surface area (Å²) in [4.78, 5) is 11.9. The Bertz CT molecular complexity index is 921. The number of aliphatic hydroxyl groups is 1. The molecule has 0 unspecified atom stereocenters. The summed E-state index contributed by atoms with van der Waals surface area (Å²) in [6, 6.07) is 16.2. The minimum absolute atomic E-state index is 0.200. The molecule has 6 nitrogen and oxygen atoms in total. The zero-order valence-corrected chi connectivity index (χ0v) is 15.5. The van der Waals surface area contributed by atoms with Gasteiger partial charge in [0.1, 0.15) is 11.6 Å². The molecule has 3 N–H and O–H groups in total. The first-order valence-corrected chi connectivity index (χ1v) is 9.44. The number of anilines is 3. The number of aromatic nitrogens is 2. The van der Waals surface area contributed by atoms with Crippen molar-refractivity contribution in [3.05, 3.63) is 54.4 Å². The van der Waals surface area contributed by atoms with E-state index in [9.17, 15) is 5.11 Å². The van der Waals surface area contributed by atoms with Gasteiger partial charge in [-0.15, -0.1) is 0 Å². The molecule has 0 amide bonds. The third-order valence-corrected chi connectivity index (χ3v) is 5.03. The molecule has 2 heterocycles. The largest absolute Gasteiger partial charge is 0.393 e. The summed E-state index contributed by atoms with van der Waals surface area (Å²) in [6.45, 7) is 2.18. The van der Waals surface area contributed by atoms with Gasteiger partial charge in [0.2, 0.25) is 0 Å². The van der Waals surface area contributed by atoms with E-state index in [1.54, 1.807) is 0 Å². The summed E-state index contributed by atoms with van der Waals surface area (Å²) in [7, 11) is 1.91. The smallest absolute Gasteiger partial charge is 0.150 e. The molecule has 140 valence electrons. The maximum atomic E-state index is 9.83. The molecule has 1 fully saturated rings. The second-order valence-electron chi connectivity index (χ2n) is 6.85. The van der Waals surface area contributed by atoms with E-state index in [0.29, 0.717) is 6.54 Å². The number of hydrogen-bond acceptors (Lipinski definition) is 6. The fourth-order valence-electron chi connectivity index (χ4n) is 3.53. The van der Waals surface area contributed by atoms with Crippen LogP contribution in [0.4, 0.5) is 17.2 Å². The summed E-state index contributed by atoms with van der Waals surface area (Å²) in [6.07, 6.45) is 1.36. The van der Waals surface area contributed by atoms with Gasteiger partial charge in [-0.3, -0.25) is 0 Å². The molecule has 0 bridgehead atoms. The van der Waals surface area contributed by atoms with Gasteiger partial charge < -0.3 is 20.6 Å². The van der Waals surface area contributed by atoms with Crippen molar-refractivity contribution < 1.29 is 5.11 Å². The number of nitrogens with one attached hydrogen (secondary N) is 2. The summed E-state index contributed by atoms with van der Waals surface area (Å²) < 4.78 is 0. The average molecular weight is 363 g/mol. The van der Waals surface area contributed by atoms with E-state index in [0.717, 1.165) is 59.9 Å². The van der Waals surface area contributed by atoms with E-state index in [4.69, 9.17) is 9.97 Å². The maximum Gasteiger partial charge on any atom is 0.150 e. The number of fused-ring (bicyclic) bond motifs is 1. The van der Waals surface area contributed by atoms with Gasteiger partial charge in [0, 0.05) is 25.5 Å². The molecule has 0 atom stereocenters. The lowest BCUT2D eigenvalue weighted by molar-refractivity contribution is 0.145. The van der Waals surface area contributed by atoms with Crippen LogP contribution in [0.2, 0.25) is 0 Å². The Morgan fingerprint density at radius 2 is 1.70 bits per heavy atom. The normalized spacial score (nSPS) is 15.1. The van der Waals surface area contributed by atoms with Crippen LogP contribution in [0, 0.1) is 0 Å². The van der Waals surface area contributed by atoms with Gasteiger partial charge in [-0.25, -0.2) is 9.97 Å². The highest BCUT2D eigenvalue weighted by atomic mass is 16.3. The quantitative estimate of drug-likeness (QED) is 0.646. The molecule has 1 aliphatic rings. The van der Waals surface area contributed by atoms with Gasteiger partial charge in [0.25, 0.3) is 0 Å². The van der Waals surface area contributed by atoms with Crippen molar-refractivity contribution in [2.24, 2.45) is 0 Å². The number of benzene rings is 2. The van der Waals surface area contributed by atoms with Gasteiger partial charge in [0.05, 0.1) is 29.5 Å². The highest BCUT2D eigenvalue weighted by Crippen LogP contribution is 2.27. The van der Waals surface area contributed by atoms with Gasteiger partial charge in [-0.05, 0) is 37.1 Å². The van der Waals surface area contributed by atoms with Crippen molar-refractivity contribution >= 4 is 28.1 Å². The molecule has 0 radical (unpaired) electrons. The van der Waals surface area contributed by atoms with Gasteiger partial charge >= 0.3 is 0 Å². The predicted octanol–water partition coefficient (Wildman–Crippen LogP) is 3.24. The van der Waals surface area contributed by atoms with Crippen LogP contribution in [0.15, 0.2) is 48.5 Å². The zero-order valence-electron chi connectivity index (χ0n) is 15.5. The molecular formula is C21H25N5O. The van der Waals surface area contributed by atoms with Crippen LogP contribution in [-0.4, -0.2) is 41.3 Å². The topological polar surface area (TPSA) is 73.3 Å². The fraction of sp³-hybridized carbons (Fsp3) is 0.333. The monoisotopic (exact) mass is 363 g/mol. The van der Waals surface area contributed by atoms with Crippen LogP contribution in [0.25, 0.3) is 10.9 Å². The van der Waals surface area contributed by atoms with E-state index in [2.05, 4.69) is 21.6 Å². The predicted molar refractivity (Wildman–Crippen MR) is 110 cm³/mol. The van der Waals surface area contributed by atoms with Crippen molar-refractivity contribution in [3.8, 4) is 0 Å². The van der Waals surface area contributed by atoms with E-state index < -0.39 is 0 Å².